The lowest BCUT2D eigenvalue weighted by molar-refractivity contribution is -0.0278. The Kier molecular flexibility index (Phi) is 4.71. The van der Waals surface area contributed by atoms with Gasteiger partial charge >= 0.3 is 6.98 Å². The number of hydrogen-bond acceptors (Lipinski definition) is 1. The molecule has 1 aliphatic rings. The predicted molar refractivity (Wildman–Crippen MR) is 60.2 cm³/mol. The molecular formula is C11H21BF3O-. The molecule has 5 heteroatoms. The molecule has 0 heterocycles. The van der Waals surface area contributed by atoms with Crippen LogP contribution in [0.1, 0.15) is 40.0 Å². The van der Waals surface area contributed by atoms with Gasteiger partial charge in [0.25, 0.3) is 0 Å². The molecule has 0 aromatic rings. The standard InChI is InChI=1S/C11H21BF3O/c1-8(2)10-5-4-9(3)6-11(10)16-7-12(13,14)15/h8-11H,4-7H2,1-3H3/q-1. The van der Waals surface area contributed by atoms with Gasteiger partial charge in [0, 0.05) is 6.51 Å². The van der Waals surface area contributed by atoms with Crippen molar-refractivity contribution in [2.75, 3.05) is 6.51 Å². The Morgan fingerprint density at radius 2 is 1.88 bits per heavy atom. The van der Waals surface area contributed by atoms with Crippen molar-refractivity contribution in [3.05, 3.63) is 0 Å². The van der Waals surface area contributed by atoms with Crippen LogP contribution < -0.4 is 0 Å². The molecule has 0 aromatic carbocycles. The predicted octanol–water partition coefficient (Wildman–Crippen LogP) is 3.85. The van der Waals surface area contributed by atoms with Gasteiger partial charge < -0.3 is 17.7 Å². The Morgan fingerprint density at radius 1 is 1.25 bits per heavy atom. The van der Waals surface area contributed by atoms with Crippen LogP contribution in [-0.2, 0) is 4.74 Å². The summed E-state index contributed by atoms with van der Waals surface area (Å²) in [4.78, 5) is 0. The van der Waals surface area contributed by atoms with E-state index < -0.39 is 13.5 Å². The second-order valence-electron chi connectivity index (χ2n) is 5.41. The van der Waals surface area contributed by atoms with Crippen LogP contribution in [0.2, 0.25) is 0 Å². The number of rotatable bonds is 4. The summed E-state index contributed by atoms with van der Waals surface area (Å²) in [6, 6.07) is 0. The van der Waals surface area contributed by atoms with E-state index in [1.807, 2.05) is 0 Å². The highest BCUT2D eigenvalue weighted by Gasteiger charge is 2.33. The Balaban J connectivity index is 2.51. The first-order chi connectivity index (χ1) is 7.29. The zero-order chi connectivity index (χ0) is 12.3. The average molecular weight is 237 g/mol. The van der Waals surface area contributed by atoms with Gasteiger partial charge in [-0.15, -0.1) is 0 Å². The number of halogens is 3. The van der Waals surface area contributed by atoms with Gasteiger partial charge in [-0.2, -0.15) is 0 Å². The van der Waals surface area contributed by atoms with Gasteiger partial charge in [-0.05, 0) is 30.6 Å². The van der Waals surface area contributed by atoms with Gasteiger partial charge in [0.05, 0.1) is 6.10 Å². The lowest BCUT2D eigenvalue weighted by Gasteiger charge is -2.38. The van der Waals surface area contributed by atoms with Gasteiger partial charge in [0.2, 0.25) is 0 Å². The van der Waals surface area contributed by atoms with Gasteiger partial charge in [-0.1, -0.05) is 27.2 Å². The quantitative estimate of drug-likeness (QED) is 0.674. The molecule has 0 radical (unpaired) electrons. The minimum Gasteiger partial charge on any atom is -0.447 e. The second kappa shape index (κ2) is 5.43. The van der Waals surface area contributed by atoms with Crippen molar-refractivity contribution in [1.82, 2.24) is 0 Å². The Labute approximate surface area is 95.8 Å². The van der Waals surface area contributed by atoms with E-state index in [9.17, 15) is 12.9 Å². The van der Waals surface area contributed by atoms with Gasteiger partial charge in [0.1, 0.15) is 0 Å². The maximum atomic E-state index is 12.2. The van der Waals surface area contributed by atoms with Crippen molar-refractivity contribution in [2.24, 2.45) is 17.8 Å². The van der Waals surface area contributed by atoms with E-state index >= 15 is 0 Å². The summed E-state index contributed by atoms with van der Waals surface area (Å²) in [5, 5.41) is 0. The molecule has 1 rings (SSSR count). The third-order valence-electron chi connectivity index (χ3n) is 3.46. The topological polar surface area (TPSA) is 9.23 Å². The maximum Gasteiger partial charge on any atom is 0.503 e. The molecule has 0 N–H and O–H groups in total. The summed E-state index contributed by atoms with van der Waals surface area (Å²) in [7, 11) is 0. The fourth-order valence-corrected chi connectivity index (χ4v) is 2.54. The SMILES string of the molecule is CC1CCC(C(C)C)C(OC[B-](F)(F)F)C1. The van der Waals surface area contributed by atoms with Crippen LogP contribution in [0.3, 0.4) is 0 Å². The molecule has 3 unspecified atom stereocenters. The van der Waals surface area contributed by atoms with Crippen molar-refractivity contribution in [1.29, 1.82) is 0 Å². The molecule has 0 saturated heterocycles. The highest BCUT2D eigenvalue weighted by molar-refractivity contribution is 6.58. The molecule has 0 bridgehead atoms. The van der Waals surface area contributed by atoms with Crippen LogP contribution in [0.4, 0.5) is 12.9 Å². The lowest BCUT2D eigenvalue weighted by Crippen LogP contribution is -2.38. The van der Waals surface area contributed by atoms with Crippen LogP contribution in [0.15, 0.2) is 0 Å². The Bertz CT molecular complexity index is 218. The molecule has 16 heavy (non-hydrogen) atoms. The molecule has 1 aliphatic carbocycles. The smallest absolute Gasteiger partial charge is 0.447 e. The first-order valence-electron chi connectivity index (χ1n) is 6.12. The van der Waals surface area contributed by atoms with E-state index in [4.69, 9.17) is 4.74 Å². The highest BCUT2D eigenvalue weighted by Crippen LogP contribution is 2.35. The molecule has 3 atom stereocenters. The van der Waals surface area contributed by atoms with Crippen molar-refractivity contribution in [2.45, 2.75) is 46.1 Å². The summed E-state index contributed by atoms with van der Waals surface area (Å²) >= 11 is 0. The molecule has 1 nitrogen and oxygen atoms in total. The molecule has 1 saturated carbocycles. The van der Waals surface area contributed by atoms with E-state index in [1.165, 1.54) is 0 Å². The van der Waals surface area contributed by atoms with Crippen LogP contribution >= 0.6 is 0 Å². The van der Waals surface area contributed by atoms with Gasteiger partial charge in [0.15, 0.2) is 0 Å². The van der Waals surface area contributed by atoms with Crippen LogP contribution in [-0.4, -0.2) is 19.6 Å². The van der Waals surface area contributed by atoms with Crippen molar-refractivity contribution in [3.8, 4) is 0 Å². The fourth-order valence-electron chi connectivity index (χ4n) is 2.54. The van der Waals surface area contributed by atoms with Gasteiger partial charge in [-0.3, -0.25) is 0 Å². The summed E-state index contributed by atoms with van der Waals surface area (Å²) in [5.74, 6) is 1.17. The maximum absolute atomic E-state index is 12.2. The molecule has 0 aliphatic heterocycles. The van der Waals surface area contributed by atoms with Crippen molar-refractivity contribution < 1.29 is 17.7 Å². The third kappa shape index (κ3) is 4.36. The largest absolute Gasteiger partial charge is 0.503 e. The second-order valence-corrected chi connectivity index (χ2v) is 5.41. The van der Waals surface area contributed by atoms with E-state index in [2.05, 4.69) is 20.8 Å². The first kappa shape index (κ1) is 13.9. The van der Waals surface area contributed by atoms with Crippen LogP contribution in [0.5, 0.6) is 0 Å². The summed E-state index contributed by atoms with van der Waals surface area (Å²) in [6.07, 6.45) is 2.68. The highest BCUT2D eigenvalue weighted by atomic mass is 19.4. The molecule has 1 fully saturated rings. The zero-order valence-electron chi connectivity index (χ0n) is 10.3. The lowest BCUT2D eigenvalue weighted by atomic mass is 9.75. The van der Waals surface area contributed by atoms with Crippen molar-refractivity contribution >= 4 is 6.98 Å². The first-order valence-corrected chi connectivity index (χ1v) is 6.12. The zero-order valence-corrected chi connectivity index (χ0v) is 10.3. The molecule has 0 amide bonds. The van der Waals surface area contributed by atoms with Crippen LogP contribution in [0.25, 0.3) is 0 Å². The van der Waals surface area contributed by atoms with Crippen LogP contribution in [0, 0.1) is 17.8 Å². The number of hydrogen-bond donors (Lipinski definition) is 0. The van der Waals surface area contributed by atoms with E-state index in [0.717, 1.165) is 19.3 Å². The third-order valence-corrected chi connectivity index (χ3v) is 3.46. The van der Waals surface area contributed by atoms with Crippen molar-refractivity contribution in [3.63, 3.8) is 0 Å². The Hall–Kier alpha value is -0.185. The average Bonchev–Trinajstić information content (AvgIpc) is 2.13. The minimum atomic E-state index is -4.81. The van der Waals surface area contributed by atoms with E-state index in [-0.39, 0.29) is 12.0 Å². The summed E-state index contributed by atoms with van der Waals surface area (Å²) in [5.41, 5.74) is 0. The summed E-state index contributed by atoms with van der Waals surface area (Å²) < 4.78 is 41.6. The monoisotopic (exact) mass is 237 g/mol. The normalized spacial score (nSPS) is 32.1. The molecular weight excluding hydrogens is 216 g/mol. The van der Waals surface area contributed by atoms with E-state index in [0.29, 0.717) is 11.8 Å². The van der Waals surface area contributed by atoms with E-state index in [1.54, 1.807) is 0 Å². The van der Waals surface area contributed by atoms with Gasteiger partial charge in [-0.25, -0.2) is 0 Å². The molecule has 0 spiro atoms. The molecule has 0 aromatic heterocycles. The number of ether oxygens (including phenoxy) is 1. The summed E-state index contributed by atoms with van der Waals surface area (Å²) in [6.45, 7) is 0.368. The Morgan fingerprint density at radius 3 is 2.38 bits per heavy atom. The molecule has 96 valence electrons. The fraction of sp³-hybridized carbons (Fsp3) is 1.00. The minimum absolute atomic E-state index is 0.202.